The molecule has 0 heterocycles. The minimum Gasteiger partial charge on any atom is -0.481 e. The predicted octanol–water partition coefficient (Wildman–Crippen LogP) is 1.70. The molecule has 20 heavy (non-hydrogen) atoms. The summed E-state index contributed by atoms with van der Waals surface area (Å²) in [5.41, 5.74) is 0.156. The van der Waals surface area contributed by atoms with Crippen LogP contribution in [0.1, 0.15) is 13.3 Å². The Hall–Kier alpha value is -2.02. The van der Waals surface area contributed by atoms with E-state index in [4.69, 9.17) is 5.11 Å². The molecule has 0 radical (unpaired) electrons. The molecule has 0 aromatic heterocycles. The highest BCUT2D eigenvalue weighted by Gasteiger charge is 2.11. The molecule has 0 aliphatic rings. The van der Waals surface area contributed by atoms with Crippen LogP contribution in [0.2, 0.25) is 0 Å². The highest BCUT2D eigenvalue weighted by atomic mass is 19.2. The fourth-order valence-corrected chi connectivity index (χ4v) is 1.58. The Bertz CT molecular complexity index is 495. The first-order valence-corrected chi connectivity index (χ1v) is 6.11. The molecule has 1 aromatic carbocycles. The summed E-state index contributed by atoms with van der Waals surface area (Å²) in [5, 5.41) is 11.0. The second-order valence-electron chi connectivity index (χ2n) is 4.19. The van der Waals surface area contributed by atoms with E-state index in [1.807, 2.05) is 0 Å². The molecular weight excluding hydrogens is 270 g/mol. The third-order valence-electron chi connectivity index (χ3n) is 2.66. The maximum atomic E-state index is 13.0. The number of nitrogens with one attached hydrogen (secondary N) is 1. The van der Waals surface area contributed by atoms with E-state index in [0.717, 1.165) is 12.1 Å². The van der Waals surface area contributed by atoms with Gasteiger partial charge in [0.2, 0.25) is 5.91 Å². The Balaban J connectivity index is 2.52. The topological polar surface area (TPSA) is 69.6 Å². The Kier molecular flexibility index (Phi) is 6.05. The number of carboxylic acids is 1. The number of anilines is 1. The molecule has 1 aromatic rings. The zero-order valence-electron chi connectivity index (χ0n) is 11.0. The standard InChI is InChI=1S/C13H16F2N2O3/c1-2-17(6-5-13(19)20)8-12(18)16-9-3-4-10(14)11(15)7-9/h3-4,7H,2,5-6,8H2,1H3,(H,16,18)(H,19,20). The van der Waals surface area contributed by atoms with Crippen molar-refractivity contribution in [2.75, 3.05) is 25.0 Å². The van der Waals surface area contributed by atoms with E-state index in [0.29, 0.717) is 6.54 Å². The maximum absolute atomic E-state index is 13.0. The van der Waals surface area contributed by atoms with Gasteiger partial charge in [-0.2, -0.15) is 0 Å². The SMILES string of the molecule is CCN(CCC(=O)O)CC(=O)Nc1ccc(F)c(F)c1. The molecule has 5 nitrogen and oxygen atoms in total. The largest absolute Gasteiger partial charge is 0.481 e. The molecule has 110 valence electrons. The van der Waals surface area contributed by atoms with Gasteiger partial charge in [-0.3, -0.25) is 14.5 Å². The first kappa shape index (κ1) is 16.0. The number of carbonyl (C=O) groups is 2. The molecule has 0 unspecified atom stereocenters. The molecule has 1 amide bonds. The van der Waals surface area contributed by atoms with E-state index < -0.39 is 23.5 Å². The molecular formula is C13H16F2N2O3. The second kappa shape index (κ2) is 7.54. The van der Waals surface area contributed by atoms with Gasteiger partial charge in [-0.05, 0) is 18.7 Å². The first-order valence-electron chi connectivity index (χ1n) is 6.11. The fraction of sp³-hybridized carbons (Fsp3) is 0.385. The van der Waals surface area contributed by atoms with Crippen molar-refractivity contribution in [2.45, 2.75) is 13.3 Å². The molecule has 2 N–H and O–H groups in total. The number of likely N-dealkylation sites (N-methyl/N-ethyl adjacent to an activating group) is 1. The van der Waals surface area contributed by atoms with Crippen molar-refractivity contribution >= 4 is 17.6 Å². The van der Waals surface area contributed by atoms with E-state index in [1.54, 1.807) is 11.8 Å². The van der Waals surface area contributed by atoms with Crippen LogP contribution in [0.15, 0.2) is 18.2 Å². The average molecular weight is 286 g/mol. The van der Waals surface area contributed by atoms with Crippen LogP contribution in [0.4, 0.5) is 14.5 Å². The summed E-state index contributed by atoms with van der Waals surface area (Å²) in [6, 6.07) is 3.07. The monoisotopic (exact) mass is 286 g/mol. The van der Waals surface area contributed by atoms with Gasteiger partial charge in [-0.25, -0.2) is 8.78 Å². The molecule has 1 rings (SSSR count). The van der Waals surface area contributed by atoms with Gasteiger partial charge in [0, 0.05) is 18.3 Å². The van der Waals surface area contributed by atoms with Crippen molar-refractivity contribution in [3.8, 4) is 0 Å². The Morgan fingerprint density at radius 3 is 2.55 bits per heavy atom. The van der Waals surface area contributed by atoms with Crippen LogP contribution < -0.4 is 5.32 Å². The van der Waals surface area contributed by atoms with Crippen molar-refractivity contribution in [3.05, 3.63) is 29.8 Å². The average Bonchev–Trinajstić information content (AvgIpc) is 2.38. The van der Waals surface area contributed by atoms with Crippen molar-refractivity contribution in [2.24, 2.45) is 0 Å². The van der Waals surface area contributed by atoms with Crippen LogP contribution in [-0.4, -0.2) is 41.5 Å². The number of aliphatic carboxylic acids is 1. The summed E-state index contributed by atoms with van der Waals surface area (Å²) in [6.45, 7) is 2.55. The molecule has 0 saturated heterocycles. The number of rotatable bonds is 7. The minimum atomic E-state index is -1.04. The van der Waals surface area contributed by atoms with Crippen LogP contribution in [0.5, 0.6) is 0 Å². The normalized spacial score (nSPS) is 10.6. The molecule has 0 bridgehead atoms. The Morgan fingerprint density at radius 1 is 1.30 bits per heavy atom. The molecule has 0 fully saturated rings. The number of nitrogens with zero attached hydrogens (tertiary/aromatic N) is 1. The van der Waals surface area contributed by atoms with Gasteiger partial charge in [0.15, 0.2) is 11.6 Å². The van der Waals surface area contributed by atoms with E-state index in [9.17, 15) is 18.4 Å². The highest BCUT2D eigenvalue weighted by molar-refractivity contribution is 5.92. The first-order chi connectivity index (χ1) is 9.42. The summed E-state index contributed by atoms with van der Waals surface area (Å²) in [6.07, 6.45) is -0.0632. The van der Waals surface area contributed by atoms with E-state index in [1.165, 1.54) is 6.07 Å². The lowest BCUT2D eigenvalue weighted by molar-refractivity contribution is -0.137. The summed E-state index contributed by atoms with van der Waals surface area (Å²) in [5.74, 6) is -3.38. The number of hydrogen-bond acceptors (Lipinski definition) is 3. The highest BCUT2D eigenvalue weighted by Crippen LogP contribution is 2.13. The Morgan fingerprint density at radius 2 is 2.00 bits per heavy atom. The van der Waals surface area contributed by atoms with Crippen LogP contribution in [-0.2, 0) is 9.59 Å². The van der Waals surface area contributed by atoms with E-state index in [-0.39, 0.29) is 25.2 Å². The lowest BCUT2D eigenvalue weighted by Crippen LogP contribution is -2.34. The number of amides is 1. The molecule has 0 spiro atoms. The van der Waals surface area contributed by atoms with Crippen molar-refractivity contribution in [1.29, 1.82) is 0 Å². The Labute approximate surface area is 115 Å². The van der Waals surface area contributed by atoms with Gasteiger partial charge in [0.05, 0.1) is 13.0 Å². The number of carbonyl (C=O) groups excluding carboxylic acids is 1. The van der Waals surface area contributed by atoms with Crippen molar-refractivity contribution < 1.29 is 23.5 Å². The van der Waals surface area contributed by atoms with Crippen LogP contribution in [0.25, 0.3) is 0 Å². The smallest absolute Gasteiger partial charge is 0.304 e. The molecule has 0 saturated carbocycles. The quantitative estimate of drug-likeness (QED) is 0.800. The minimum absolute atomic E-state index is 0.0111. The van der Waals surface area contributed by atoms with Crippen LogP contribution in [0, 0.1) is 11.6 Å². The van der Waals surface area contributed by atoms with Crippen molar-refractivity contribution in [3.63, 3.8) is 0 Å². The van der Waals surface area contributed by atoms with E-state index in [2.05, 4.69) is 5.32 Å². The number of carboxylic acid groups (broad SMARTS) is 1. The zero-order chi connectivity index (χ0) is 15.1. The second-order valence-corrected chi connectivity index (χ2v) is 4.19. The van der Waals surface area contributed by atoms with E-state index >= 15 is 0 Å². The number of benzene rings is 1. The molecule has 7 heteroatoms. The van der Waals surface area contributed by atoms with Gasteiger partial charge in [-0.1, -0.05) is 6.92 Å². The summed E-state index contributed by atoms with van der Waals surface area (Å²) < 4.78 is 25.7. The van der Waals surface area contributed by atoms with Gasteiger partial charge >= 0.3 is 5.97 Å². The number of halogens is 2. The lowest BCUT2D eigenvalue weighted by Gasteiger charge is -2.18. The van der Waals surface area contributed by atoms with Crippen molar-refractivity contribution in [1.82, 2.24) is 4.90 Å². The zero-order valence-corrected chi connectivity index (χ0v) is 11.0. The predicted molar refractivity (Wildman–Crippen MR) is 69.4 cm³/mol. The summed E-state index contributed by atoms with van der Waals surface area (Å²) in [4.78, 5) is 23.8. The number of hydrogen-bond donors (Lipinski definition) is 2. The van der Waals surface area contributed by atoms with Gasteiger partial charge in [0.25, 0.3) is 0 Å². The maximum Gasteiger partial charge on any atom is 0.304 e. The fourth-order valence-electron chi connectivity index (χ4n) is 1.58. The third kappa shape index (κ3) is 5.31. The lowest BCUT2D eigenvalue weighted by atomic mass is 10.3. The van der Waals surface area contributed by atoms with Gasteiger partial charge < -0.3 is 10.4 Å². The van der Waals surface area contributed by atoms with Gasteiger partial charge in [-0.15, -0.1) is 0 Å². The molecule has 0 aliphatic heterocycles. The van der Waals surface area contributed by atoms with Crippen LogP contribution >= 0.6 is 0 Å². The van der Waals surface area contributed by atoms with Gasteiger partial charge in [0.1, 0.15) is 0 Å². The molecule has 0 atom stereocenters. The van der Waals surface area contributed by atoms with Crippen LogP contribution in [0.3, 0.4) is 0 Å². The third-order valence-corrected chi connectivity index (χ3v) is 2.66. The summed E-state index contributed by atoms with van der Waals surface area (Å²) >= 11 is 0. The summed E-state index contributed by atoms with van der Waals surface area (Å²) in [7, 11) is 0. The molecule has 0 aliphatic carbocycles.